The van der Waals surface area contributed by atoms with Crippen LogP contribution in [0.4, 0.5) is 0 Å². The van der Waals surface area contributed by atoms with E-state index in [1.54, 1.807) is 0 Å². The Morgan fingerprint density at radius 2 is 1.92 bits per heavy atom. The number of nitrogens with one attached hydrogen (secondary N) is 1. The van der Waals surface area contributed by atoms with Crippen molar-refractivity contribution in [2.45, 2.75) is 40.2 Å². The molecule has 0 spiro atoms. The Labute approximate surface area is 83.7 Å². The molecule has 0 radical (unpaired) electrons. The van der Waals surface area contributed by atoms with Crippen LogP contribution in [0.15, 0.2) is 0 Å². The van der Waals surface area contributed by atoms with Crippen LogP contribution < -0.4 is 5.32 Å². The Morgan fingerprint density at radius 1 is 1.38 bits per heavy atom. The van der Waals surface area contributed by atoms with E-state index >= 15 is 0 Å². The van der Waals surface area contributed by atoms with E-state index in [0.29, 0.717) is 11.5 Å². The Morgan fingerprint density at radius 3 is 2.23 bits per heavy atom. The molecule has 0 bridgehead atoms. The fraction of sp³-hybridized carbons (Fsp3) is 1.00. The molecule has 2 atom stereocenters. The first kappa shape index (κ1) is 12.9. The summed E-state index contributed by atoms with van der Waals surface area (Å²) in [6, 6.07) is 0.708. The molecule has 1 rings (SSSR count). The van der Waals surface area contributed by atoms with E-state index < -0.39 is 0 Å². The highest BCUT2D eigenvalue weighted by atomic mass is 15.1. The molecule has 1 N–H and O–H groups in total. The second-order valence-corrected chi connectivity index (χ2v) is 4.53. The van der Waals surface area contributed by atoms with Gasteiger partial charge in [-0.25, -0.2) is 0 Å². The lowest BCUT2D eigenvalue weighted by Gasteiger charge is -2.26. The number of rotatable bonds is 2. The third kappa shape index (κ3) is 4.63. The summed E-state index contributed by atoms with van der Waals surface area (Å²) in [6.07, 6.45) is 1.31. The monoisotopic (exact) mass is 186 g/mol. The van der Waals surface area contributed by atoms with Crippen molar-refractivity contribution < 1.29 is 0 Å². The summed E-state index contributed by atoms with van der Waals surface area (Å²) in [5.74, 6) is 0. The van der Waals surface area contributed by atoms with E-state index in [-0.39, 0.29) is 0 Å². The SMILES string of the molecule is CC.CC1CC(C)(CN(C)C)CN1. The third-order valence-electron chi connectivity index (χ3n) is 2.37. The first-order chi connectivity index (χ1) is 6.02. The fourth-order valence-electron chi connectivity index (χ4n) is 2.19. The third-order valence-corrected chi connectivity index (χ3v) is 2.37. The first-order valence-electron chi connectivity index (χ1n) is 5.40. The van der Waals surface area contributed by atoms with Gasteiger partial charge in [0.25, 0.3) is 0 Å². The lowest BCUT2D eigenvalue weighted by Crippen LogP contribution is -2.32. The number of hydrogen-bond acceptors (Lipinski definition) is 2. The van der Waals surface area contributed by atoms with Gasteiger partial charge in [0.05, 0.1) is 0 Å². The van der Waals surface area contributed by atoms with Crippen molar-refractivity contribution in [3.63, 3.8) is 0 Å². The van der Waals surface area contributed by atoms with Crippen molar-refractivity contribution in [3.8, 4) is 0 Å². The van der Waals surface area contributed by atoms with Crippen LogP contribution in [0.1, 0.15) is 34.1 Å². The van der Waals surface area contributed by atoms with Gasteiger partial charge >= 0.3 is 0 Å². The molecule has 1 heterocycles. The van der Waals surface area contributed by atoms with E-state index in [1.165, 1.54) is 19.5 Å². The average molecular weight is 186 g/mol. The average Bonchev–Trinajstić information content (AvgIpc) is 2.33. The maximum Gasteiger partial charge on any atom is 0.00451 e. The molecule has 0 aromatic heterocycles. The quantitative estimate of drug-likeness (QED) is 0.709. The van der Waals surface area contributed by atoms with Crippen molar-refractivity contribution >= 4 is 0 Å². The van der Waals surface area contributed by atoms with Crippen molar-refractivity contribution in [1.29, 1.82) is 0 Å². The highest BCUT2D eigenvalue weighted by Crippen LogP contribution is 2.28. The molecule has 0 amide bonds. The summed E-state index contributed by atoms with van der Waals surface area (Å²) < 4.78 is 0. The molecule has 0 aromatic rings. The maximum absolute atomic E-state index is 3.49. The van der Waals surface area contributed by atoms with Gasteiger partial charge in [0, 0.05) is 19.1 Å². The largest absolute Gasteiger partial charge is 0.314 e. The lowest BCUT2D eigenvalue weighted by atomic mass is 9.88. The van der Waals surface area contributed by atoms with Crippen LogP contribution in [0, 0.1) is 5.41 Å². The Kier molecular flexibility index (Phi) is 5.57. The molecular formula is C11H26N2. The van der Waals surface area contributed by atoms with Gasteiger partial charge < -0.3 is 10.2 Å². The van der Waals surface area contributed by atoms with Crippen LogP contribution in [0.5, 0.6) is 0 Å². The van der Waals surface area contributed by atoms with E-state index in [2.05, 4.69) is 38.2 Å². The van der Waals surface area contributed by atoms with Crippen LogP contribution in [0.2, 0.25) is 0 Å². The van der Waals surface area contributed by atoms with Gasteiger partial charge in [-0.15, -0.1) is 0 Å². The summed E-state index contributed by atoms with van der Waals surface area (Å²) in [5, 5.41) is 3.49. The van der Waals surface area contributed by atoms with Gasteiger partial charge in [-0.1, -0.05) is 20.8 Å². The summed E-state index contributed by atoms with van der Waals surface area (Å²) in [5.41, 5.74) is 0.503. The van der Waals surface area contributed by atoms with Crippen molar-refractivity contribution in [1.82, 2.24) is 10.2 Å². The molecular weight excluding hydrogens is 160 g/mol. The van der Waals surface area contributed by atoms with Crippen LogP contribution in [0.3, 0.4) is 0 Å². The summed E-state index contributed by atoms with van der Waals surface area (Å²) in [7, 11) is 4.29. The van der Waals surface area contributed by atoms with Crippen LogP contribution in [-0.4, -0.2) is 38.1 Å². The smallest absolute Gasteiger partial charge is 0.00451 e. The van der Waals surface area contributed by atoms with Crippen molar-refractivity contribution in [3.05, 3.63) is 0 Å². The fourth-order valence-corrected chi connectivity index (χ4v) is 2.19. The minimum absolute atomic E-state index is 0.503. The molecule has 1 fully saturated rings. The summed E-state index contributed by atoms with van der Waals surface area (Å²) >= 11 is 0. The predicted molar refractivity (Wildman–Crippen MR) is 60.1 cm³/mol. The van der Waals surface area contributed by atoms with Gasteiger partial charge in [0.2, 0.25) is 0 Å². The Hall–Kier alpha value is -0.0800. The zero-order chi connectivity index (χ0) is 10.5. The molecule has 0 saturated carbocycles. The van der Waals surface area contributed by atoms with Crippen molar-refractivity contribution in [2.24, 2.45) is 5.41 Å². The summed E-state index contributed by atoms with van der Waals surface area (Å²) in [4.78, 5) is 2.28. The van der Waals surface area contributed by atoms with Gasteiger partial charge in [-0.3, -0.25) is 0 Å². The van der Waals surface area contributed by atoms with Crippen LogP contribution in [0.25, 0.3) is 0 Å². The highest BCUT2D eigenvalue weighted by Gasteiger charge is 2.32. The van der Waals surface area contributed by atoms with Crippen LogP contribution in [-0.2, 0) is 0 Å². The molecule has 2 unspecified atom stereocenters. The lowest BCUT2D eigenvalue weighted by molar-refractivity contribution is 0.237. The van der Waals surface area contributed by atoms with Gasteiger partial charge in [-0.2, -0.15) is 0 Å². The Bertz CT molecular complexity index is 134. The molecule has 2 nitrogen and oxygen atoms in total. The van der Waals surface area contributed by atoms with E-state index in [4.69, 9.17) is 0 Å². The normalized spacial score (nSPS) is 33.0. The van der Waals surface area contributed by atoms with Gasteiger partial charge in [0.1, 0.15) is 0 Å². The molecule has 1 saturated heterocycles. The predicted octanol–water partition coefficient (Wildman–Crippen LogP) is 1.96. The molecule has 1 aliphatic rings. The molecule has 1 aliphatic heterocycles. The van der Waals surface area contributed by atoms with E-state index in [0.717, 1.165) is 0 Å². The zero-order valence-electron chi connectivity index (χ0n) is 10.1. The standard InChI is InChI=1S/C9H20N2.C2H6/c1-8-5-9(2,6-10-8)7-11(3)4;1-2/h8,10H,5-7H2,1-4H3;1-2H3. The minimum atomic E-state index is 0.503. The molecule has 2 heteroatoms. The number of nitrogens with zero attached hydrogens (tertiary/aromatic N) is 1. The van der Waals surface area contributed by atoms with Crippen LogP contribution >= 0.6 is 0 Å². The number of hydrogen-bond donors (Lipinski definition) is 1. The summed E-state index contributed by atoms with van der Waals surface area (Å²) in [6.45, 7) is 11.0. The topological polar surface area (TPSA) is 15.3 Å². The minimum Gasteiger partial charge on any atom is -0.314 e. The maximum atomic E-state index is 3.49. The second kappa shape index (κ2) is 5.61. The zero-order valence-corrected chi connectivity index (χ0v) is 10.1. The first-order valence-corrected chi connectivity index (χ1v) is 5.40. The Balaban J connectivity index is 0.000000671. The van der Waals surface area contributed by atoms with E-state index in [9.17, 15) is 0 Å². The van der Waals surface area contributed by atoms with Crippen molar-refractivity contribution in [2.75, 3.05) is 27.2 Å². The van der Waals surface area contributed by atoms with E-state index in [1.807, 2.05) is 13.8 Å². The molecule has 13 heavy (non-hydrogen) atoms. The highest BCUT2D eigenvalue weighted by molar-refractivity contribution is 4.89. The van der Waals surface area contributed by atoms with Gasteiger partial charge in [0.15, 0.2) is 0 Å². The second-order valence-electron chi connectivity index (χ2n) is 4.53. The molecule has 0 aliphatic carbocycles. The molecule has 0 aromatic carbocycles. The van der Waals surface area contributed by atoms with Gasteiger partial charge in [-0.05, 0) is 32.9 Å². The molecule has 80 valence electrons.